The molecule has 0 saturated heterocycles. The van der Waals surface area contributed by atoms with E-state index in [1.54, 1.807) is 0 Å². The van der Waals surface area contributed by atoms with E-state index < -0.39 is 11.8 Å². The number of halogens is 3. The van der Waals surface area contributed by atoms with E-state index in [2.05, 4.69) is 12.0 Å². The van der Waals surface area contributed by atoms with Crippen molar-refractivity contribution in [2.45, 2.75) is 51.9 Å². The summed E-state index contributed by atoms with van der Waals surface area (Å²) in [5.74, 6) is -0.889. The van der Waals surface area contributed by atoms with E-state index in [-0.39, 0.29) is 23.1 Å². The zero-order valence-electron chi connectivity index (χ0n) is 15.8. The highest BCUT2D eigenvalue weighted by Gasteiger charge is 2.23. The van der Waals surface area contributed by atoms with Gasteiger partial charge in [-0.05, 0) is 38.2 Å². The first-order valence-corrected chi connectivity index (χ1v) is 10.3. The lowest BCUT2D eigenvalue weighted by molar-refractivity contribution is -0.146. The molecule has 0 bridgehead atoms. The number of fused-ring (bicyclic) bond motifs is 1. The van der Waals surface area contributed by atoms with Crippen molar-refractivity contribution in [2.75, 3.05) is 13.2 Å². The van der Waals surface area contributed by atoms with Gasteiger partial charge in [0.05, 0.1) is 17.3 Å². The maximum Gasteiger partial charge on any atom is 0.344 e. The Morgan fingerprint density at radius 2 is 2.04 bits per heavy atom. The quantitative estimate of drug-likeness (QED) is 0.422. The number of esters is 1. The van der Waals surface area contributed by atoms with Crippen LogP contribution < -0.4 is 4.74 Å². The summed E-state index contributed by atoms with van der Waals surface area (Å²) in [6.07, 6.45) is 6.58. The van der Waals surface area contributed by atoms with E-state index in [0.29, 0.717) is 11.8 Å². The summed E-state index contributed by atoms with van der Waals surface area (Å²) >= 11 is 12.5. The highest BCUT2D eigenvalue weighted by Crippen LogP contribution is 2.34. The van der Waals surface area contributed by atoms with Crippen molar-refractivity contribution in [3.8, 4) is 11.4 Å². The fourth-order valence-corrected chi connectivity index (χ4v) is 3.72. The van der Waals surface area contributed by atoms with Crippen molar-refractivity contribution in [3.63, 3.8) is 0 Å². The van der Waals surface area contributed by atoms with Crippen LogP contribution in [0.2, 0.25) is 10.2 Å². The number of carbonyl (C=O) groups is 1. The number of carbonyl (C=O) groups excluding carboxylic acids is 1. The Morgan fingerprint density at radius 3 is 2.79 bits per heavy atom. The van der Waals surface area contributed by atoms with Crippen molar-refractivity contribution in [1.82, 2.24) is 9.78 Å². The van der Waals surface area contributed by atoms with Gasteiger partial charge in [0.15, 0.2) is 12.4 Å². The average Bonchev–Trinajstić information content (AvgIpc) is 3.01. The molecule has 0 atom stereocenters. The second-order valence-corrected chi connectivity index (χ2v) is 7.55. The van der Waals surface area contributed by atoms with Gasteiger partial charge in [-0.3, -0.25) is 0 Å². The van der Waals surface area contributed by atoms with Crippen LogP contribution in [0.3, 0.4) is 0 Å². The maximum absolute atomic E-state index is 14.5. The standard InChI is InChI=1S/C20H23Cl2FN2O3/c1-2-3-6-9-27-19(26)12-28-18-11-17(15(23)10-14(18)21)25-20(22)13-7-4-5-8-16(13)24-25/h10-11H,2-9,12H2,1H3. The smallest absolute Gasteiger partial charge is 0.344 e. The third kappa shape index (κ3) is 4.78. The number of hydrogen-bond acceptors (Lipinski definition) is 4. The highest BCUT2D eigenvalue weighted by atomic mass is 35.5. The number of benzene rings is 1. The van der Waals surface area contributed by atoms with Crippen LogP contribution in [0, 0.1) is 5.82 Å². The molecule has 1 heterocycles. The molecular formula is C20H23Cl2FN2O3. The first-order chi connectivity index (χ1) is 13.5. The summed E-state index contributed by atoms with van der Waals surface area (Å²) in [5, 5.41) is 4.92. The lowest BCUT2D eigenvalue weighted by Crippen LogP contribution is -2.16. The lowest BCUT2D eigenvalue weighted by atomic mass is 9.99. The monoisotopic (exact) mass is 428 g/mol. The van der Waals surface area contributed by atoms with Crippen LogP contribution in [0.1, 0.15) is 50.3 Å². The molecule has 28 heavy (non-hydrogen) atoms. The molecule has 0 fully saturated rings. The summed E-state index contributed by atoms with van der Waals surface area (Å²) in [6.45, 7) is 2.12. The highest BCUT2D eigenvalue weighted by molar-refractivity contribution is 6.32. The Hall–Kier alpha value is -1.79. The molecule has 2 aromatic rings. The van der Waals surface area contributed by atoms with Crippen LogP contribution in [-0.4, -0.2) is 29.0 Å². The number of rotatable bonds is 8. The van der Waals surface area contributed by atoms with Crippen LogP contribution >= 0.6 is 23.2 Å². The van der Waals surface area contributed by atoms with Gasteiger partial charge in [0.25, 0.3) is 0 Å². The maximum atomic E-state index is 14.5. The molecule has 0 N–H and O–H groups in total. The summed E-state index contributed by atoms with van der Waals surface area (Å²) in [5.41, 5.74) is 1.99. The number of unbranched alkanes of at least 4 members (excludes halogenated alkanes) is 2. The van der Waals surface area contributed by atoms with Crippen molar-refractivity contribution in [1.29, 1.82) is 0 Å². The van der Waals surface area contributed by atoms with Crippen LogP contribution in [0.25, 0.3) is 5.69 Å². The van der Waals surface area contributed by atoms with Gasteiger partial charge >= 0.3 is 5.97 Å². The van der Waals surface area contributed by atoms with Gasteiger partial charge in [-0.25, -0.2) is 13.9 Å². The Bertz CT molecular complexity index is 854. The Morgan fingerprint density at radius 1 is 1.25 bits per heavy atom. The normalized spacial score (nSPS) is 13.3. The van der Waals surface area contributed by atoms with E-state index in [9.17, 15) is 9.18 Å². The fraction of sp³-hybridized carbons (Fsp3) is 0.500. The molecule has 1 aromatic carbocycles. The molecule has 1 aromatic heterocycles. The molecule has 0 amide bonds. The first-order valence-electron chi connectivity index (χ1n) is 9.55. The molecule has 152 valence electrons. The van der Waals surface area contributed by atoms with E-state index in [4.69, 9.17) is 32.7 Å². The minimum absolute atomic E-state index is 0.0630. The van der Waals surface area contributed by atoms with Crippen LogP contribution in [0.5, 0.6) is 5.75 Å². The van der Waals surface area contributed by atoms with E-state index in [1.165, 1.54) is 10.7 Å². The van der Waals surface area contributed by atoms with Gasteiger partial charge in [-0.15, -0.1) is 0 Å². The van der Waals surface area contributed by atoms with E-state index in [0.717, 1.165) is 62.3 Å². The molecular weight excluding hydrogens is 406 g/mol. The van der Waals surface area contributed by atoms with Gasteiger partial charge in [0, 0.05) is 11.6 Å². The fourth-order valence-electron chi connectivity index (χ4n) is 3.18. The number of nitrogens with zero attached hydrogens (tertiary/aromatic N) is 2. The molecule has 1 aliphatic rings. The number of ether oxygens (including phenoxy) is 2. The predicted octanol–water partition coefficient (Wildman–Crippen LogP) is 5.31. The summed E-state index contributed by atoms with van der Waals surface area (Å²) < 4.78 is 26.5. The third-order valence-electron chi connectivity index (χ3n) is 4.68. The summed E-state index contributed by atoms with van der Waals surface area (Å²) in [6, 6.07) is 2.54. The SMILES string of the molecule is CCCCCOC(=O)COc1cc(-n2nc3c(c2Cl)CCCC3)c(F)cc1Cl. The average molecular weight is 429 g/mol. The first kappa shape index (κ1) is 20.9. The molecule has 0 aliphatic heterocycles. The van der Waals surface area contributed by atoms with Crippen LogP contribution in [0.15, 0.2) is 12.1 Å². The Kier molecular flexibility index (Phi) is 7.18. The van der Waals surface area contributed by atoms with E-state index >= 15 is 0 Å². The largest absolute Gasteiger partial charge is 0.480 e. The van der Waals surface area contributed by atoms with Crippen LogP contribution in [0.4, 0.5) is 4.39 Å². The molecule has 0 spiro atoms. The number of aryl methyl sites for hydroxylation is 1. The minimum Gasteiger partial charge on any atom is -0.480 e. The zero-order chi connectivity index (χ0) is 20.1. The zero-order valence-corrected chi connectivity index (χ0v) is 17.3. The van der Waals surface area contributed by atoms with Crippen LogP contribution in [-0.2, 0) is 22.4 Å². The Labute approximate surface area is 173 Å². The topological polar surface area (TPSA) is 53.4 Å². The van der Waals surface area contributed by atoms with Gasteiger partial charge in [0.2, 0.25) is 0 Å². The van der Waals surface area contributed by atoms with Crippen molar-refractivity contribution in [2.24, 2.45) is 0 Å². The van der Waals surface area contributed by atoms with Gasteiger partial charge in [-0.2, -0.15) is 5.10 Å². The number of hydrogen-bond donors (Lipinski definition) is 0. The summed E-state index contributed by atoms with van der Waals surface area (Å²) in [7, 11) is 0. The second-order valence-electron chi connectivity index (χ2n) is 6.79. The molecule has 0 unspecified atom stereocenters. The molecule has 0 saturated carbocycles. The molecule has 8 heteroatoms. The van der Waals surface area contributed by atoms with Gasteiger partial charge < -0.3 is 9.47 Å². The molecule has 3 rings (SSSR count). The van der Waals surface area contributed by atoms with Crippen molar-refractivity contribution in [3.05, 3.63) is 39.4 Å². The third-order valence-corrected chi connectivity index (χ3v) is 5.36. The van der Waals surface area contributed by atoms with Crippen molar-refractivity contribution >= 4 is 29.2 Å². The second kappa shape index (κ2) is 9.61. The Balaban J connectivity index is 1.74. The van der Waals surface area contributed by atoms with Gasteiger partial charge in [-0.1, -0.05) is 43.0 Å². The number of aromatic nitrogens is 2. The van der Waals surface area contributed by atoms with Gasteiger partial charge in [0.1, 0.15) is 16.6 Å². The summed E-state index contributed by atoms with van der Waals surface area (Å²) in [4.78, 5) is 11.8. The molecule has 5 nitrogen and oxygen atoms in total. The minimum atomic E-state index is -0.568. The molecule has 1 aliphatic carbocycles. The predicted molar refractivity (Wildman–Crippen MR) is 106 cm³/mol. The van der Waals surface area contributed by atoms with Crippen molar-refractivity contribution < 1.29 is 18.7 Å². The lowest BCUT2D eigenvalue weighted by Gasteiger charge is -2.12. The van der Waals surface area contributed by atoms with E-state index in [1.807, 2.05) is 0 Å². The molecule has 0 radical (unpaired) electrons.